The summed E-state index contributed by atoms with van der Waals surface area (Å²) in [5.74, 6) is 0.941. The predicted octanol–water partition coefficient (Wildman–Crippen LogP) is 3.49. The van der Waals surface area contributed by atoms with Crippen LogP contribution in [0.5, 0.6) is 5.75 Å². The molecule has 0 fully saturated rings. The quantitative estimate of drug-likeness (QED) is 0.651. The van der Waals surface area contributed by atoms with Crippen molar-refractivity contribution in [3.63, 3.8) is 0 Å². The number of anilines is 1. The van der Waals surface area contributed by atoms with Crippen molar-refractivity contribution < 1.29 is 9.53 Å². The van der Waals surface area contributed by atoms with Gasteiger partial charge in [0.25, 0.3) is 0 Å². The summed E-state index contributed by atoms with van der Waals surface area (Å²) in [5, 5.41) is 0. The van der Waals surface area contributed by atoms with Crippen molar-refractivity contribution >= 4 is 17.5 Å². The normalized spacial score (nSPS) is 10.7. The molecule has 0 aromatic heterocycles. The first-order valence-corrected chi connectivity index (χ1v) is 6.87. The maximum atomic E-state index is 11.8. The Morgan fingerprint density at radius 3 is 2.38 bits per heavy atom. The minimum atomic E-state index is 0.114. The molecule has 0 heterocycles. The van der Waals surface area contributed by atoms with Crippen LogP contribution in [0.3, 0.4) is 0 Å². The maximum absolute atomic E-state index is 11.8. The lowest BCUT2D eigenvalue weighted by molar-refractivity contribution is -0.114. The van der Waals surface area contributed by atoms with Crippen LogP contribution >= 0.6 is 0 Å². The van der Waals surface area contributed by atoms with E-state index in [-0.39, 0.29) is 5.78 Å². The molecule has 0 atom stereocenters. The van der Waals surface area contributed by atoms with Gasteiger partial charge in [0.05, 0.1) is 7.11 Å². The standard InChI is InChI=1S/C18H19NO2/c1-21-18-12-6-15(7-13-18)5-11-17(20)10-4-14-2-8-16(19)9-3-14/h2-4,6-10,12-13H,5,11,19H2,1H3/b10-4+. The first-order valence-electron chi connectivity index (χ1n) is 6.87. The highest BCUT2D eigenvalue weighted by atomic mass is 16.5. The molecule has 0 radical (unpaired) electrons. The number of ether oxygens (including phenoxy) is 1. The number of carbonyl (C=O) groups excluding carboxylic acids is 1. The lowest BCUT2D eigenvalue weighted by atomic mass is 10.1. The molecule has 21 heavy (non-hydrogen) atoms. The molecule has 0 amide bonds. The van der Waals surface area contributed by atoms with E-state index in [0.717, 1.165) is 29.0 Å². The molecule has 2 rings (SSSR count). The molecular formula is C18H19NO2. The minimum Gasteiger partial charge on any atom is -0.497 e. The van der Waals surface area contributed by atoms with Crippen LogP contribution in [0.2, 0.25) is 0 Å². The molecule has 0 saturated carbocycles. The van der Waals surface area contributed by atoms with E-state index in [2.05, 4.69) is 0 Å². The smallest absolute Gasteiger partial charge is 0.156 e. The number of ketones is 1. The molecule has 2 N–H and O–H groups in total. The molecule has 0 spiro atoms. The fourth-order valence-electron chi connectivity index (χ4n) is 1.94. The van der Waals surface area contributed by atoms with E-state index in [1.807, 2.05) is 54.6 Å². The largest absolute Gasteiger partial charge is 0.497 e. The number of nitrogens with two attached hydrogens (primary N) is 1. The van der Waals surface area contributed by atoms with Gasteiger partial charge in [-0.15, -0.1) is 0 Å². The van der Waals surface area contributed by atoms with Gasteiger partial charge in [-0.2, -0.15) is 0 Å². The van der Waals surface area contributed by atoms with Gasteiger partial charge in [-0.05, 0) is 47.9 Å². The van der Waals surface area contributed by atoms with Crippen LogP contribution in [0.4, 0.5) is 5.69 Å². The number of benzene rings is 2. The number of methoxy groups -OCH3 is 1. The van der Waals surface area contributed by atoms with Gasteiger partial charge < -0.3 is 10.5 Å². The fourth-order valence-corrected chi connectivity index (χ4v) is 1.94. The molecule has 0 aliphatic heterocycles. The minimum absolute atomic E-state index is 0.114. The third-order valence-corrected chi connectivity index (χ3v) is 3.22. The van der Waals surface area contributed by atoms with Crippen LogP contribution in [0, 0.1) is 0 Å². The van der Waals surface area contributed by atoms with Crippen LogP contribution in [0.1, 0.15) is 17.5 Å². The van der Waals surface area contributed by atoms with Gasteiger partial charge in [0.2, 0.25) is 0 Å². The lowest BCUT2D eigenvalue weighted by Crippen LogP contribution is -1.96. The predicted molar refractivity (Wildman–Crippen MR) is 86.2 cm³/mol. The molecule has 0 aliphatic carbocycles. The Labute approximate surface area is 125 Å². The summed E-state index contributed by atoms with van der Waals surface area (Å²) in [7, 11) is 1.64. The highest BCUT2D eigenvalue weighted by Gasteiger charge is 2.00. The third-order valence-electron chi connectivity index (χ3n) is 3.22. The number of carbonyl (C=O) groups is 1. The van der Waals surface area contributed by atoms with E-state index in [1.165, 1.54) is 0 Å². The summed E-state index contributed by atoms with van der Waals surface area (Å²) in [4.78, 5) is 11.8. The van der Waals surface area contributed by atoms with Crippen molar-refractivity contribution in [2.24, 2.45) is 0 Å². The van der Waals surface area contributed by atoms with Gasteiger partial charge in [-0.25, -0.2) is 0 Å². The van der Waals surface area contributed by atoms with E-state index in [9.17, 15) is 4.79 Å². The summed E-state index contributed by atoms with van der Waals surface area (Å²) in [5.41, 5.74) is 8.44. The average molecular weight is 281 g/mol. The molecule has 108 valence electrons. The second kappa shape index (κ2) is 7.29. The number of allylic oxidation sites excluding steroid dienone is 1. The Kier molecular flexibility index (Phi) is 5.16. The second-order valence-electron chi connectivity index (χ2n) is 4.81. The van der Waals surface area contributed by atoms with E-state index < -0.39 is 0 Å². The highest BCUT2D eigenvalue weighted by Crippen LogP contribution is 2.13. The van der Waals surface area contributed by atoms with Crippen LogP contribution < -0.4 is 10.5 Å². The Hall–Kier alpha value is -2.55. The van der Waals surface area contributed by atoms with Gasteiger partial charge in [0.15, 0.2) is 5.78 Å². The van der Waals surface area contributed by atoms with Gasteiger partial charge in [0, 0.05) is 12.1 Å². The summed E-state index contributed by atoms with van der Waals surface area (Å²) in [6, 6.07) is 15.2. The number of rotatable bonds is 6. The summed E-state index contributed by atoms with van der Waals surface area (Å²) in [6.07, 6.45) is 4.66. The van der Waals surface area contributed by atoms with Crippen LogP contribution in [0.25, 0.3) is 6.08 Å². The summed E-state index contributed by atoms with van der Waals surface area (Å²) in [6.45, 7) is 0. The second-order valence-corrected chi connectivity index (χ2v) is 4.81. The first-order chi connectivity index (χ1) is 10.2. The zero-order chi connectivity index (χ0) is 15.1. The summed E-state index contributed by atoms with van der Waals surface area (Å²) < 4.78 is 5.10. The van der Waals surface area contributed by atoms with Crippen molar-refractivity contribution in [3.05, 3.63) is 65.7 Å². The topological polar surface area (TPSA) is 52.3 Å². The first kappa shape index (κ1) is 14.9. The van der Waals surface area contributed by atoms with Crippen molar-refractivity contribution in [3.8, 4) is 5.75 Å². The Balaban J connectivity index is 1.85. The Morgan fingerprint density at radius 2 is 1.76 bits per heavy atom. The van der Waals surface area contributed by atoms with Crippen LogP contribution in [-0.4, -0.2) is 12.9 Å². The molecule has 3 nitrogen and oxygen atoms in total. The number of aryl methyl sites for hydroxylation is 1. The van der Waals surface area contributed by atoms with Gasteiger partial charge in [0.1, 0.15) is 5.75 Å². The number of hydrogen-bond acceptors (Lipinski definition) is 3. The Bertz CT molecular complexity index is 613. The SMILES string of the molecule is COc1ccc(CCC(=O)/C=C/c2ccc(N)cc2)cc1. The zero-order valence-electron chi connectivity index (χ0n) is 12.1. The third kappa shape index (κ3) is 4.80. The van der Waals surface area contributed by atoms with Crippen LogP contribution in [0.15, 0.2) is 54.6 Å². The molecule has 2 aromatic carbocycles. The van der Waals surface area contributed by atoms with Crippen molar-refractivity contribution in [2.45, 2.75) is 12.8 Å². The number of nitrogen functional groups attached to an aromatic ring is 1. The monoisotopic (exact) mass is 281 g/mol. The van der Waals surface area contributed by atoms with Gasteiger partial charge in [-0.1, -0.05) is 30.3 Å². The van der Waals surface area contributed by atoms with Crippen LogP contribution in [-0.2, 0) is 11.2 Å². The highest BCUT2D eigenvalue weighted by molar-refractivity contribution is 5.93. The molecule has 3 heteroatoms. The fraction of sp³-hybridized carbons (Fsp3) is 0.167. The van der Waals surface area contributed by atoms with Crippen molar-refractivity contribution in [2.75, 3.05) is 12.8 Å². The average Bonchev–Trinajstić information content (AvgIpc) is 2.53. The lowest BCUT2D eigenvalue weighted by Gasteiger charge is -2.02. The van der Waals surface area contributed by atoms with Crippen molar-refractivity contribution in [1.29, 1.82) is 0 Å². The van der Waals surface area contributed by atoms with E-state index >= 15 is 0 Å². The zero-order valence-corrected chi connectivity index (χ0v) is 12.1. The molecule has 0 bridgehead atoms. The molecule has 0 saturated heterocycles. The van der Waals surface area contributed by atoms with E-state index in [4.69, 9.17) is 10.5 Å². The van der Waals surface area contributed by atoms with E-state index in [1.54, 1.807) is 13.2 Å². The maximum Gasteiger partial charge on any atom is 0.156 e. The Morgan fingerprint density at radius 1 is 1.10 bits per heavy atom. The summed E-state index contributed by atoms with van der Waals surface area (Å²) >= 11 is 0. The molecule has 0 aliphatic rings. The molecule has 0 unspecified atom stereocenters. The van der Waals surface area contributed by atoms with Crippen molar-refractivity contribution in [1.82, 2.24) is 0 Å². The van der Waals surface area contributed by atoms with E-state index in [0.29, 0.717) is 6.42 Å². The number of hydrogen-bond donors (Lipinski definition) is 1. The molecular weight excluding hydrogens is 262 g/mol. The van der Waals surface area contributed by atoms with Gasteiger partial charge in [-0.3, -0.25) is 4.79 Å². The van der Waals surface area contributed by atoms with Gasteiger partial charge >= 0.3 is 0 Å². The molecule has 2 aromatic rings.